The Morgan fingerprint density at radius 2 is 2.13 bits per heavy atom. The zero-order valence-corrected chi connectivity index (χ0v) is 10.4. The van der Waals surface area contributed by atoms with Crippen LogP contribution in [-0.2, 0) is 5.54 Å². The Kier molecular flexibility index (Phi) is 2.92. The third kappa shape index (κ3) is 2.12. The molecule has 3 N–H and O–H groups in total. The lowest BCUT2D eigenvalue weighted by molar-refractivity contribution is 0.0887. The molecule has 4 heteroatoms. The summed E-state index contributed by atoms with van der Waals surface area (Å²) in [5.41, 5.74) is 7.02. The maximum atomic E-state index is 9.47. The molecule has 0 atom stereocenters. The average molecular weight is 274 g/mol. The number of furan rings is 1. The second-order valence-corrected chi connectivity index (χ2v) is 5.23. The van der Waals surface area contributed by atoms with Crippen molar-refractivity contribution in [3.8, 4) is 0 Å². The molecule has 84 valence electrons. The van der Waals surface area contributed by atoms with Gasteiger partial charge in [-0.05, 0) is 60.2 Å². The van der Waals surface area contributed by atoms with Crippen LogP contribution in [0.25, 0.3) is 0 Å². The maximum absolute atomic E-state index is 9.47. The number of hydrogen-bond donors (Lipinski definition) is 2. The Morgan fingerprint density at radius 1 is 1.53 bits per heavy atom. The summed E-state index contributed by atoms with van der Waals surface area (Å²) in [6, 6.07) is 1.94. The van der Waals surface area contributed by atoms with Gasteiger partial charge in [0.1, 0.15) is 5.76 Å². The summed E-state index contributed by atoms with van der Waals surface area (Å²) in [6.07, 6.45) is 2.90. The van der Waals surface area contributed by atoms with E-state index in [4.69, 9.17) is 10.2 Å². The van der Waals surface area contributed by atoms with Gasteiger partial charge in [-0.1, -0.05) is 0 Å². The van der Waals surface area contributed by atoms with Crippen molar-refractivity contribution in [1.82, 2.24) is 0 Å². The fourth-order valence-electron chi connectivity index (χ4n) is 2.28. The second kappa shape index (κ2) is 3.92. The van der Waals surface area contributed by atoms with Crippen LogP contribution in [0, 0.1) is 6.92 Å². The Morgan fingerprint density at radius 3 is 2.60 bits per heavy atom. The Hall–Kier alpha value is -0.320. The lowest BCUT2D eigenvalue weighted by Gasteiger charge is -2.34. The van der Waals surface area contributed by atoms with Gasteiger partial charge in [0, 0.05) is 0 Å². The van der Waals surface area contributed by atoms with E-state index < -0.39 is 5.54 Å². The maximum Gasteiger partial charge on any atom is 0.169 e. The van der Waals surface area contributed by atoms with Gasteiger partial charge in [-0.25, -0.2) is 0 Å². The van der Waals surface area contributed by atoms with Gasteiger partial charge in [-0.15, -0.1) is 0 Å². The molecule has 1 aromatic heterocycles. The summed E-state index contributed by atoms with van der Waals surface area (Å²) < 4.78 is 6.33. The molecule has 0 radical (unpaired) electrons. The molecule has 0 bridgehead atoms. The monoisotopic (exact) mass is 273 g/mol. The van der Waals surface area contributed by atoms with Crippen LogP contribution in [-0.4, -0.2) is 11.2 Å². The van der Waals surface area contributed by atoms with Crippen molar-refractivity contribution in [2.45, 2.75) is 44.2 Å². The molecule has 1 heterocycles. The molecule has 2 rings (SSSR count). The van der Waals surface area contributed by atoms with Crippen LogP contribution >= 0.6 is 15.9 Å². The van der Waals surface area contributed by atoms with Crippen LogP contribution in [0.3, 0.4) is 0 Å². The van der Waals surface area contributed by atoms with Gasteiger partial charge >= 0.3 is 0 Å². The number of halogens is 1. The average Bonchev–Trinajstić information content (AvgIpc) is 2.52. The van der Waals surface area contributed by atoms with Gasteiger partial charge in [0.25, 0.3) is 0 Å². The van der Waals surface area contributed by atoms with Crippen LogP contribution < -0.4 is 5.73 Å². The molecular formula is C11H16BrNO2. The minimum atomic E-state index is -0.394. The highest BCUT2D eigenvalue weighted by Gasteiger charge is 2.36. The van der Waals surface area contributed by atoms with Crippen LogP contribution in [0.2, 0.25) is 0 Å². The first-order valence-corrected chi connectivity index (χ1v) is 6.04. The minimum Gasteiger partial charge on any atom is -0.452 e. The number of aliphatic hydroxyl groups excluding tert-OH is 1. The van der Waals surface area contributed by atoms with Gasteiger partial charge < -0.3 is 15.3 Å². The number of nitrogens with two attached hydrogens (primary N) is 1. The fraction of sp³-hybridized carbons (Fsp3) is 0.636. The van der Waals surface area contributed by atoms with Gasteiger partial charge in [-0.3, -0.25) is 0 Å². The summed E-state index contributed by atoms with van der Waals surface area (Å²) in [5.74, 6) is 0.862. The molecule has 1 aromatic rings. The second-order valence-electron chi connectivity index (χ2n) is 4.45. The third-order valence-corrected chi connectivity index (χ3v) is 3.58. The van der Waals surface area contributed by atoms with Crippen molar-refractivity contribution in [2.75, 3.05) is 0 Å². The molecule has 0 amide bonds. The first-order valence-electron chi connectivity index (χ1n) is 5.25. The number of hydrogen-bond acceptors (Lipinski definition) is 3. The Bertz CT molecular complexity index is 353. The predicted octanol–water partition coefficient (Wildman–Crippen LogP) is 2.44. The standard InChI is InChI=1S/C11H16BrNO2/c1-7-6-9(12)15-10(7)11(13)4-2-8(14)3-5-11/h6,8,14H,2-5,13H2,1H3. The van der Waals surface area contributed by atoms with Crippen LogP contribution in [0.1, 0.15) is 37.0 Å². The molecule has 1 aliphatic rings. The highest BCUT2D eigenvalue weighted by atomic mass is 79.9. The van der Waals surface area contributed by atoms with Crippen molar-refractivity contribution < 1.29 is 9.52 Å². The molecule has 0 aliphatic heterocycles. The molecule has 1 fully saturated rings. The van der Waals surface area contributed by atoms with E-state index in [1.807, 2.05) is 13.0 Å². The van der Waals surface area contributed by atoms with Crippen molar-refractivity contribution >= 4 is 15.9 Å². The van der Waals surface area contributed by atoms with E-state index in [1.165, 1.54) is 0 Å². The minimum absolute atomic E-state index is 0.194. The van der Waals surface area contributed by atoms with E-state index in [-0.39, 0.29) is 6.10 Å². The van der Waals surface area contributed by atoms with E-state index in [2.05, 4.69) is 15.9 Å². The Balaban J connectivity index is 2.25. The molecular weight excluding hydrogens is 258 g/mol. The summed E-state index contributed by atoms with van der Waals surface area (Å²) in [5, 5.41) is 9.47. The summed E-state index contributed by atoms with van der Waals surface area (Å²) >= 11 is 3.31. The quantitative estimate of drug-likeness (QED) is 0.826. The Labute approximate surface area is 97.8 Å². The SMILES string of the molecule is Cc1cc(Br)oc1C1(N)CCC(O)CC1. The van der Waals surface area contributed by atoms with Crippen molar-refractivity contribution in [3.05, 3.63) is 22.1 Å². The van der Waals surface area contributed by atoms with Crippen LogP contribution in [0.4, 0.5) is 0 Å². The van der Waals surface area contributed by atoms with Gasteiger partial charge in [0.05, 0.1) is 11.6 Å². The lowest BCUT2D eigenvalue weighted by atomic mass is 9.78. The molecule has 0 aromatic carbocycles. The first-order chi connectivity index (χ1) is 7.01. The largest absolute Gasteiger partial charge is 0.452 e. The van der Waals surface area contributed by atoms with Crippen molar-refractivity contribution in [2.24, 2.45) is 5.73 Å². The molecule has 0 unspecified atom stereocenters. The fourth-order valence-corrected chi connectivity index (χ4v) is 2.79. The van der Waals surface area contributed by atoms with Crippen molar-refractivity contribution in [1.29, 1.82) is 0 Å². The van der Waals surface area contributed by atoms with Gasteiger partial charge in [0.2, 0.25) is 0 Å². The molecule has 15 heavy (non-hydrogen) atoms. The predicted molar refractivity (Wildman–Crippen MR) is 61.5 cm³/mol. The smallest absolute Gasteiger partial charge is 0.169 e. The zero-order chi connectivity index (χ0) is 11.1. The number of rotatable bonds is 1. The number of aliphatic hydroxyl groups is 1. The van der Waals surface area contributed by atoms with E-state index in [9.17, 15) is 5.11 Å². The molecule has 0 spiro atoms. The van der Waals surface area contributed by atoms with E-state index in [0.29, 0.717) is 0 Å². The normalized spacial score (nSPS) is 31.9. The van der Waals surface area contributed by atoms with E-state index in [1.54, 1.807) is 0 Å². The molecule has 1 aliphatic carbocycles. The molecule has 3 nitrogen and oxygen atoms in total. The van der Waals surface area contributed by atoms with Gasteiger partial charge in [-0.2, -0.15) is 0 Å². The topological polar surface area (TPSA) is 59.4 Å². The van der Waals surface area contributed by atoms with Crippen LogP contribution in [0.5, 0.6) is 0 Å². The van der Waals surface area contributed by atoms with Gasteiger partial charge in [0.15, 0.2) is 4.67 Å². The summed E-state index contributed by atoms with van der Waals surface area (Å²) in [7, 11) is 0. The van der Waals surface area contributed by atoms with Crippen LogP contribution in [0.15, 0.2) is 15.2 Å². The summed E-state index contributed by atoms with van der Waals surface area (Å²) in [4.78, 5) is 0. The van der Waals surface area contributed by atoms with Crippen molar-refractivity contribution in [3.63, 3.8) is 0 Å². The highest BCUT2D eigenvalue weighted by Crippen LogP contribution is 2.38. The van der Waals surface area contributed by atoms with E-state index in [0.717, 1.165) is 41.7 Å². The third-order valence-electron chi connectivity index (χ3n) is 3.19. The first kappa shape index (κ1) is 11.2. The lowest BCUT2D eigenvalue weighted by Crippen LogP contribution is -2.41. The molecule has 1 saturated carbocycles. The highest BCUT2D eigenvalue weighted by molar-refractivity contribution is 9.10. The zero-order valence-electron chi connectivity index (χ0n) is 8.79. The summed E-state index contributed by atoms with van der Waals surface area (Å²) in [6.45, 7) is 2.00. The number of aryl methyl sites for hydroxylation is 1. The molecule has 0 saturated heterocycles. The van der Waals surface area contributed by atoms with E-state index >= 15 is 0 Å².